The Balaban J connectivity index is 1.40. The molecule has 0 bridgehead atoms. The van der Waals surface area contributed by atoms with Gasteiger partial charge in [-0.2, -0.15) is 0 Å². The number of nitrogens with zero attached hydrogens (tertiary/aromatic N) is 1. The molecular formula is C25H33N3O3. The van der Waals surface area contributed by atoms with Crippen molar-refractivity contribution in [3.8, 4) is 11.1 Å². The molecule has 0 radical (unpaired) electrons. The third-order valence-corrected chi connectivity index (χ3v) is 5.91. The lowest BCUT2D eigenvalue weighted by Gasteiger charge is -2.23. The van der Waals surface area contributed by atoms with E-state index in [4.69, 9.17) is 0 Å². The Kier molecular flexibility index (Phi) is 8.62. The fourth-order valence-corrected chi connectivity index (χ4v) is 3.88. The van der Waals surface area contributed by atoms with Gasteiger partial charge in [0, 0.05) is 18.5 Å². The highest BCUT2D eigenvalue weighted by atomic mass is 16.5. The molecule has 0 saturated carbocycles. The molecule has 0 aromatic heterocycles. The second kappa shape index (κ2) is 11.6. The highest BCUT2D eigenvalue weighted by Gasteiger charge is 2.17. The Morgan fingerprint density at radius 3 is 2.39 bits per heavy atom. The molecule has 1 heterocycles. The van der Waals surface area contributed by atoms with Gasteiger partial charge in [-0.05, 0) is 73.5 Å². The second-order valence-corrected chi connectivity index (χ2v) is 8.15. The first-order chi connectivity index (χ1) is 15.1. The van der Waals surface area contributed by atoms with Gasteiger partial charge in [-0.25, -0.2) is 5.06 Å². The van der Waals surface area contributed by atoms with Gasteiger partial charge in [0.2, 0.25) is 5.91 Å². The molecule has 1 aliphatic rings. The van der Waals surface area contributed by atoms with Crippen LogP contribution in [0.2, 0.25) is 0 Å². The lowest BCUT2D eigenvalue weighted by Crippen LogP contribution is -2.37. The fraction of sp³-hybridized carbons (Fsp3) is 0.440. The summed E-state index contributed by atoms with van der Waals surface area (Å²) in [5, 5.41) is 16.8. The van der Waals surface area contributed by atoms with Gasteiger partial charge in [0.05, 0.1) is 6.54 Å². The zero-order chi connectivity index (χ0) is 22.1. The molecule has 166 valence electrons. The van der Waals surface area contributed by atoms with Crippen molar-refractivity contribution in [2.75, 3.05) is 26.2 Å². The van der Waals surface area contributed by atoms with E-state index in [-0.39, 0.29) is 24.9 Å². The van der Waals surface area contributed by atoms with Crippen LogP contribution in [0, 0.1) is 5.92 Å². The summed E-state index contributed by atoms with van der Waals surface area (Å²) in [5.41, 5.74) is 4.01. The van der Waals surface area contributed by atoms with E-state index in [1.807, 2.05) is 12.1 Å². The zero-order valence-electron chi connectivity index (χ0n) is 18.3. The molecule has 1 atom stereocenters. The first kappa shape index (κ1) is 23.0. The molecule has 31 heavy (non-hydrogen) atoms. The number of hydrogen-bond acceptors (Lipinski definition) is 4. The summed E-state index contributed by atoms with van der Waals surface area (Å²) >= 11 is 0. The molecule has 1 aliphatic heterocycles. The molecule has 1 saturated heterocycles. The molecular weight excluding hydrogens is 390 g/mol. The third kappa shape index (κ3) is 6.91. The number of amides is 2. The van der Waals surface area contributed by atoms with E-state index in [0.29, 0.717) is 17.9 Å². The lowest BCUT2D eigenvalue weighted by atomic mass is 9.94. The van der Waals surface area contributed by atoms with Crippen LogP contribution in [0.3, 0.4) is 0 Å². The number of rotatable bonds is 9. The first-order valence-corrected chi connectivity index (χ1v) is 11.2. The van der Waals surface area contributed by atoms with Crippen LogP contribution in [0.4, 0.5) is 0 Å². The van der Waals surface area contributed by atoms with Crippen LogP contribution in [0.5, 0.6) is 0 Å². The Labute approximate surface area is 184 Å². The summed E-state index contributed by atoms with van der Waals surface area (Å²) in [7, 11) is 0. The van der Waals surface area contributed by atoms with E-state index in [1.54, 1.807) is 12.1 Å². The number of nitrogens with one attached hydrogen (secondary N) is 2. The predicted molar refractivity (Wildman–Crippen MR) is 122 cm³/mol. The molecule has 2 aromatic rings. The summed E-state index contributed by atoms with van der Waals surface area (Å²) in [4.78, 5) is 24.4. The molecule has 6 nitrogen and oxygen atoms in total. The van der Waals surface area contributed by atoms with Crippen LogP contribution in [-0.4, -0.2) is 48.3 Å². The first-order valence-electron chi connectivity index (χ1n) is 11.2. The average Bonchev–Trinajstić information content (AvgIpc) is 2.83. The molecule has 0 spiro atoms. The van der Waals surface area contributed by atoms with Gasteiger partial charge >= 0.3 is 0 Å². The van der Waals surface area contributed by atoms with E-state index < -0.39 is 0 Å². The van der Waals surface area contributed by atoms with Crippen LogP contribution < -0.4 is 10.6 Å². The van der Waals surface area contributed by atoms with Gasteiger partial charge < -0.3 is 10.6 Å². The van der Waals surface area contributed by atoms with E-state index in [2.05, 4.69) is 41.8 Å². The van der Waals surface area contributed by atoms with Crippen molar-refractivity contribution >= 4 is 11.8 Å². The maximum absolute atomic E-state index is 12.4. The quantitative estimate of drug-likeness (QED) is 0.425. The lowest BCUT2D eigenvalue weighted by molar-refractivity contribution is -0.165. The minimum absolute atomic E-state index is 0.0787. The maximum Gasteiger partial charge on any atom is 0.251 e. The third-order valence-electron chi connectivity index (χ3n) is 5.91. The predicted octanol–water partition coefficient (Wildman–Crippen LogP) is 3.64. The van der Waals surface area contributed by atoms with Crippen LogP contribution >= 0.6 is 0 Å². The Morgan fingerprint density at radius 1 is 1.10 bits per heavy atom. The largest absolute Gasteiger partial charge is 0.350 e. The summed E-state index contributed by atoms with van der Waals surface area (Å²) in [5.74, 6) is -0.0152. The molecule has 1 fully saturated rings. The van der Waals surface area contributed by atoms with Crippen LogP contribution in [0.15, 0.2) is 48.5 Å². The van der Waals surface area contributed by atoms with E-state index in [1.165, 1.54) is 5.56 Å². The van der Waals surface area contributed by atoms with Crippen LogP contribution in [-0.2, 0) is 11.2 Å². The molecule has 3 N–H and O–H groups in total. The van der Waals surface area contributed by atoms with Crippen molar-refractivity contribution in [2.24, 2.45) is 5.92 Å². The Bertz CT molecular complexity index is 843. The molecule has 3 rings (SSSR count). The minimum atomic E-state index is -0.293. The minimum Gasteiger partial charge on any atom is -0.350 e. The van der Waals surface area contributed by atoms with Crippen molar-refractivity contribution in [3.63, 3.8) is 0 Å². The monoisotopic (exact) mass is 423 g/mol. The molecule has 6 heteroatoms. The summed E-state index contributed by atoms with van der Waals surface area (Å²) < 4.78 is 0. The standard InChI is InChI=1S/C25H33N3O3/c1-2-19-5-8-21(9-6-19)22-10-12-23(13-11-22)25(30)27-16-17-28(31)24(29)14-7-20-4-3-15-26-18-20/h5-6,8-13,20,26,31H,2-4,7,14-18H2,1H3,(H,27,30). The van der Waals surface area contributed by atoms with Gasteiger partial charge in [0.15, 0.2) is 0 Å². The SMILES string of the molecule is CCc1ccc(-c2ccc(C(=O)NCCN(O)C(=O)CCC3CCCNC3)cc2)cc1. The molecule has 2 amide bonds. The molecule has 0 aliphatic carbocycles. The van der Waals surface area contributed by atoms with Crippen molar-refractivity contribution in [3.05, 3.63) is 59.7 Å². The number of carbonyl (C=O) groups excluding carboxylic acids is 2. The summed E-state index contributed by atoms with van der Waals surface area (Å²) in [6, 6.07) is 15.8. The molecule has 1 unspecified atom stereocenters. The highest BCUT2D eigenvalue weighted by molar-refractivity contribution is 5.94. The van der Waals surface area contributed by atoms with Gasteiger partial charge in [0.25, 0.3) is 5.91 Å². The van der Waals surface area contributed by atoms with Crippen molar-refractivity contribution < 1.29 is 14.8 Å². The second-order valence-electron chi connectivity index (χ2n) is 8.15. The van der Waals surface area contributed by atoms with E-state index in [9.17, 15) is 14.8 Å². The number of aryl methyl sites for hydroxylation is 1. The van der Waals surface area contributed by atoms with Crippen molar-refractivity contribution in [2.45, 2.75) is 39.0 Å². The number of hydrogen-bond donors (Lipinski definition) is 3. The van der Waals surface area contributed by atoms with Gasteiger partial charge in [-0.15, -0.1) is 0 Å². The van der Waals surface area contributed by atoms with Gasteiger partial charge in [-0.1, -0.05) is 43.3 Å². The normalized spacial score (nSPS) is 16.0. The fourth-order valence-electron chi connectivity index (χ4n) is 3.88. The van der Waals surface area contributed by atoms with Gasteiger partial charge in [0.1, 0.15) is 0 Å². The van der Waals surface area contributed by atoms with Crippen molar-refractivity contribution in [1.82, 2.24) is 15.7 Å². The van der Waals surface area contributed by atoms with Crippen molar-refractivity contribution in [1.29, 1.82) is 0 Å². The number of hydroxylamine groups is 2. The smallest absolute Gasteiger partial charge is 0.251 e. The number of piperidine rings is 1. The topological polar surface area (TPSA) is 81.7 Å². The summed E-state index contributed by atoms with van der Waals surface area (Å²) in [6.45, 7) is 4.40. The Morgan fingerprint density at radius 2 is 1.77 bits per heavy atom. The van der Waals surface area contributed by atoms with Crippen LogP contribution in [0.1, 0.15) is 48.5 Å². The average molecular weight is 424 g/mol. The highest BCUT2D eigenvalue weighted by Crippen LogP contribution is 2.20. The number of benzene rings is 2. The van der Waals surface area contributed by atoms with Gasteiger partial charge in [-0.3, -0.25) is 14.8 Å². The van der Waals surface area contributed by atoms with Crippen LogP contribution in [0.25, 0.3) is 11.1 Å². The summed E-state index contributed by atoms with van der Waals surface area (Å²) in [6.07, 6.45) is 4.39. The van der Waals surface area contributed by atoms with E-state index in [0.717, 1.165) is 55.0 Å². The Hall–Kier alpha value is -2.70. The number of carbonyl (C=O) groups is 2. The molecule has 2 aromatic carbocycles. The zero-order valence-corrected chi connectivity index (χ0v) is 18.3. The van der Waals surface area contributed by atoms with E-state index >= 15 is 0 Å². The maximum atomic E-state index is 12.4.